The van der Waals surface area contributed by atoms with Crippen molar-refractivity contribution in [2.45, 2.75) is 38.5 Å². The highest BCUT2D eigenvalue weighted by Gasteiger charge is 2.20. The summed E-state index contributed by atoms with van der Waals surface area (Å²) in [7, 11) is 3.74. The molecule has 0 saturated carbocycles. The summed E-state index contributed by atoms with van der Waals surface area (Å²) in [6, 6.07) is 15.7. The zero-order valence-electron chi connectivity index (χ0n) is 18.5. The number of piperidine rings is 1. The molecule has 3 aromatic rings. The van der Waals surface area contributed by atoms with Gasteiger partial charge in [-0.05, 0) is 62.5 Å². The fourth-order valence-corrected chi connectivity index (χ4v) is 4.14. The zero-order valence-corrected chi connectivity index (χ0v) is 18.5. The van der Waals surface area contributed by atoms with Gasteiger partial charge in [-0.15, -0.1) is 0 Å². The fourth-order valence-electron chi connectivity index (χ4n) is 4.14. The number of hydrogen-bond donors (Lipinski definition) is 1. The van der Waals surface area contributed by atoms with Crippen LogP contribution in [0.1, 0.15) is 30.1 Å². The first kappa shape index (κ1) is 21.2. The van der Waals surface area contributed by atoms with Gasteiger partial charge in [0.25, 0.3) is 5.91 Å². The Bertz CT molecular complexity index is 1040. The van der Waals surface area contributed by atoms with E-state index in [1.54, 1.807) is 19.2 Å². The molecule has 1 aromatic heterocycles. The monoisotopic (exact) mass is 421 g/mol. The second-order valence-corrected chi connectivity index (χ2v) is 8.39. The third-order valence-corrected chi connectivity index (χ3v) is 5.91. The molecule has 1 N–H and O–H groups in total. The number of ether oxygens (including phenoxy) is 2. The van der Waals surface area contributed by atoms with E-state index in [0.717, 1.165) is 25.9 Å². The van der Waals surface area contributed by atoms with Gasteiger partial charge in [0, 0.05) is 43.0 Å². The van der Waals surface area contributed by atoms with Crippen LogP contribution in [0.15, 0.2) is 54.7 Å². The minimum Gasteiger partial charge on any atom is -0.493 e. The molecule has 2 heterocycles. The summed E-state index contributed by atoms with van der Waals surface area (Å²) in [4.78, 5) is 15.1. The van der Waals surface area contributed by atoms with Gasteiger partial charge in [-0.25, -0.2) is 0 Å². The molecule has 1 fully saturated rings. The average molecular weight is 422 g/mol. The van der Waals surface area contributed by atoms with Crippen molar-refractivity contribution in [3.05, 3.63) is 60.3 Å². The molecular weight excluding hydrogens is 390 g/mol. The van der Waals surface area contributed by atoms with Crippen molar-refractivity contribution in [3.63, 3.8) is 0 Å². The maximum atomic E-state index is 12.8. The average Bonchev–Trinajstić information content (AvgIpc) is 3.18. The number of carbonyl (C=O) groups is 1. The lowest BCUT2D eigenvalue weighted by molar-refractivity contribution is 0.0936. The van der Waals surface area contributed by atoms with Crippen molar-refractivity contribution in [1.82, 2.24) is 14.8 Å². The topological polar surface area (TPSA) is 55.7 Å². The van der Waals surface area contributed by atoms with Crippen molar-refractivity contribution in [2.24, 2.45) is 0 Å². The van der Waals surface area contributed by atoms with Crippen LogP contribution in [-0.2, 0) is 6.54 Å². The van der Waals surface area contributed by atoms with Gasteiger partial charge in [-0.2, -0.15) is 0 Å². The van der Waals surface area contributed by atoms with Gasteiger partial charge in [-0.3, -0.25) is 4.79 Å². The smallest absolute Gasteiger partial charge is 0.251 e. The number of methoxy groups -OCH3 is 1. The van der Waals surface area contributed by atoms with Gasteiger partial charge in [0.1, 0.15) is 6.10 Å². The maximum absolute atomic E-state index is 12.8. The Labute approximate surface area is 183 Å². The van der Waals surface area contributed by atoms with E-state index in [4.69, 9.17) is 9.47 Å². The Balaban J connectivity index is 1.39. The van der Waals surface area contributed by atoms with Crippen LogP contribution in [0.5, 0.6) is 11.5 Å². The summed E-state index contributed by atoms with van der Waals surface area (Å²) in [5.74, 6) is 1.17. The lowest BCUT2D eigenvalue weighted by Crippen LogP contribution is -2.36. The van der Waals surface area contributed by atoms with Crippen LogP contribution < -0.4 is 14.8 Å². The molecule has 164 valence electrons. The lowest BCUT2D eigenvalue weighted by atomic mass is 10.1. The molecule has 0 unspecified atom stereocenters. The number of hydrogen-bond acceptors (Lipinski definition) is 4. The number of fused-ring (bicyclic) bond motifs is 1. The number of aromatic nitrogens is 1. The number of nitrogens with one attached hydrogen (secondary N) is 1. The Morgan fingerprint density at radius 1 is 1.13 bits per heavy atom. The van der Waals surface area contributed by atoms with E-state index in [-0.39, 0.29) is 18.1 Å². The largest absolute Gasteiger partial charge is 0.493 e. The molecule has 31 heavy (non-hydrogen) atoms. The van der Waals surface area contributed by atoms with E-state index in [2.05, 4.69) is 46.2 Å². The standard InChI is InChI=1S/C25H31N3O3/c1-18(17-28-15-10-19-6-4-5-7-22(19)28)26-25(29)20-8-9-23(24(16-20)30-3)31-21-11-13-27(2)14-12-21/h4-10,15-16,18,21H,11-14,17H2,1-3H3,(H,26,29)/t18-/m0/s1. The van der Waals surface area contributed by atoms with Crippen LogP contribution in [0.4, 0.5) is 0 Å². The number of amides is 1. The highest BCUT2D eigenvalue weighted by Crippen LogP contribution is 2.30. The minimum atomic E-state index is -0.117. The van der Waals surface area contributed by atoms with Gasteiger partial charge in [0.2, 0.25) is 0 Å². The van der Waals surface area contributed by atoms with Gasteiger partial charge >= 0.3 is 0 Å². The Morgan fingerprint density at radius 2 is 1.90 bits per heavy atom. The number of nitrogens with zero attached hydrogens (tertiary/aromatic N) is 2. The zero-order chi connectivity index (χ0) is 21.8. The van der Waals surface area contributed by atoms with Crippen LogP contribution in [0.2, 0.25) is 0 Å². The summed E-state index contributed by atoms with van der Waals surface area (Å²) in [5, 5.41) is 4.29. The molecule has 0 radical (unpaired) electrons. The second-order valence-electron chi connectivity index (χ2n) is 8.39. The molecule has 1 amide bonds. The predicted molar refractivity (Wildman–Crippen MR) is 123 cm³/mol. The summed E-state index contributed by atoms with van der Waals surface area (Å²) in [5.41, 5.74) is 1.73. The van der Waals surface area contributed by atoms with Crippen molar-refractivity contribution in [3.8, 4) is 11.5 Å². The molecule has 1 aliphatic heterocycles. The molecule has 0 aliphatic carbocycles. The third-order valence-electron chi connectivity index (χ3n) is 5.91. The van der Waals surface area contributed by atoms with Gasteiger partial charge in [0.05, 0.1) is 7.11 Å². The van der Waals surface area contributed by atoms with Crippen molar-refractivity contribution in [1.29, 1.82) is 0 Å². The van der Waals surface area contributed by atoms with Crippen molar-refractivity contribution in [2.75, 3.05) is 27.2 Å². The molecule has 1 atom stereocenters. The van der Waals surface area contributed by atoms with Crippen LogP contribution in [-0.4, -0.2) is 54.8 Å². The molecule has 2 aromatic carbocycles. The SMILES string of the molecule is COc1cc(C(=O)N[C@@H](C)Cn2ccc3ccccc32)ccc1OC1CCN(C)CC1. The van der Waals surface area contributed by atoms with Crippen LogP contribution >= 0.6 is 0 Å². The molecule has 1 aliphatic rings. The first-order valence-corrected chi connectivity index (χ1v) is 10.9. The highest BCUT2D eigenvalue weighted by atomic mass is 16.5. The molecule has 0 spiro atoms. The van der Waals surface area contributed by atoms with Crippen molar-refractivity contribution < 1.29 is 14.3 Å². The minimum absolute atomic E-state index is 0.0237. The molecule has 1 saturated heterocycles. The van der Waals surface area contributed by atoms with E-state index in [1.165, 1.54) is 10.9 Å². The first-order valence-electron chi connectivity index (χ1n) is 10.9. The predicted octanol–water partition coefficient (Wildman–Crippen LogP) is 3.94. The molecule has 6 nitrogen and oxygen atoms in total. The van der Waals surface area contributed by atoms with Crippen LogP contribution in [0, 0.1) is 0 Å². The maximum Gasteiger partial charge on any atom is 0.251 e. The fraction of sp³-hybridized carbons (Fsp3) is 0.400. The first-order chi connectivity index (χ1) is 15.0. The van der Waals surface area contributed by atoms with Crippen LogP contribution in [0.25, 0.3) is 10.9 Å². The number of para-hydroxylation sites is 1. The highest BCUT2D eigenvalue weighted by molar-refractivity contribution is 5.95. The third kappa shape index (κ3) is 5.02. The van der Waals surface area contributed by atoms with Gasteiger partial charge in [0.15, 0.2) is 11.5 Å². The van der Waals surface area contributed by atoms with E-state index in [9.17, 15) is 4.79 Å². The van der Waals surface area contributed by atoms with E-state index in [1.807, 2.05) is 25.1 Å². The summed E-state index contributed by atoms with van der Waals surface area (Å²) in [6.45, 7) is 4.78. The molecule has 0 bridgehead atoms. The Kier molecular flexibility index (Phi) is 6.47. The van der Waals surface area contributed by atoms with E-state index >= 15 is 0 Å². The normalized spacial score (nSPS) is 16.2. The summed E-state index contributed by atoms with van der Waals surface area (Å²) in [6.07, 6.45) is 4.23. The van der Waals surface area contributed by atoms with Crippen molar-refractivity contribution >= 4 is 16.8 Å². The number of rotatable bonds is 7. The van der Waals surface area contributed by atoms with E-state index in [0.29, 0.717) is 23.6 Å². The lowest BCUT2D eigenvalue weighted by Gasteiger charge is -2.29. The molecule has 4 rings (SSSR count). The van der Waals surface area contributed by atoms with Crippen LogP contribution in [0.3, 0.4) is 0 Å². The number of benzene rings is 2. The molecular formula is C25H31N3O3. The second kappa shape index (κ2) is 9.43. The number of carbonyl (C=O) groups excluding carboxylic acids is 1. The number of likely N-dealkylation sites (tertiary alicyclic amines) is 1. The molecule has 6 heteroatoms. The summed E-state index contributed by atoms with van der Waals surface area (Å²) < 4.78 is 13.8. The summed E-state index contributed by atoms with van der Waals surface area (Å²) >= 11 is 0. The van der Waals surface area contributed by atoms with E-state index < -0.39 is 0 Å². The Morgan fingerprint density at radius 3 is 2.68 bits per heavy atom. The quantitative estimate of drug-likeness (QED) is 0.628. The Hall–Kier alpha value is -2.99. The van der Waals surface area contributed by atoms with Gasteiger partial charge in [-0.1, -0.05) is 18.2 Å². The van der Waals surface area contributed by atoms with Gasteiger partial charge < -0.3 is 24.3 Å².